The normalized spacial score (nSPS) is 27.1. The van der Waals surface area contributed by atoms with E-state index in [0.717, 1.165) is 18.6 Å². The fraction of sp³-hybridized carbons (Fsp3) is 0.667. The molecule has 0 bridgehead atoms. The predicted molar refractivity (Wildman–Crippen MR) is 80.4 cm³/mol. The van der Waals surface area contributed by atoms with Gasteiger partial charge in [0.05, 0.1) is 18.4 Å². The summed E-state index contributed by atoms with van der Waals surface area (Å²) in [5.74, 6) is 0.691. The minimum Gasteiger partial charge on any atom is -0.376 e. The Hall–Kier alpha value is -0.980. The Balaban J connectivity index is 1.73. The van der Waals surface area contributed by atoms with Crippen molar-refractivity contribution in [3.8, 4) is 0 Å². The molecule has 0 aromatic carbocycles. The second-order valence-electron chi connectivity index (χ2n) is 6.11. The average molecular weight is 310 g/mol. The Kier molecular flexibility index (Phi) is 4.28. The van der Waals surface area contributed by atoms with Crippen LogP contribution in [-0.4, -0.2) is 49.3 Å². The topological polar surface area (TPSA) is 59.5 Å². The van der Waals surface area contributed by atoms with Crippen molar-refractivity contribution >= 4 is 10.0 Å². The van der Waals surface area contributed by atoms with Gasteiger partial charge in [-0.25, -0.2) is 8.42 Å². The second kappa shape index (κ2) is 6.02. The van der Waals surface area contributed by atoms with Crippen LogP contribution in [0.2, 0.25) is 0 Å². The summed E-state index contributed by atoms with van der Waals surface area (Å²) in [7, 11) is -3.19. The highest BCUT2D eigenvalue weighted by atomic mass is 32.2. The number of rotatable bonds is 6. The van der Waals surface area contributed by atoms with Crippen LogP contribution in [-0.2, 0) is 21.2 Å². The van der Waals surface area contributed by atoms with Crippen molar-refractivity contribution in [1.29, 1.82) is 0 Å². The Bertz CT molecular complexity index is 572. The first-order valence-corrected chi connectivity index (χ1v) is 9.36. The van der Waals surface area contributed by atoms with Crippen LogP contribution in [0, 0.1) is 5.92 Å². The molecule has 1 saturated carbocycles. The fourth-order valence-electron chi connectivity index (χ4n) is 2.94. The Morgan fingerprint density at radius 2 is 2.19 bits per heavy atom. The number of aromatic nitrogens is 1. The van der Waals surface area contributed by atoms with Crippen molar-refractivity contribution in [3.05, 3.63) is 30.1 Å². The first-order chi connectivity index (χ1) is 10.0. The number of hydrogen-bond acceptors (Lipinski definition) is 4. The van der Waals surface area contributed by atoms with Gasteiger partial charge in [-0.1, -0.05) is 6.07 Å². The largest absolute Gasteiger partial charge is 0.376 e. The first-order valence-electron chi connectivity index (χ1n) is 7.51. The van der Waals surface area contributed by atoms with Crippen molar-refractivity contribution < 1.29 is 13.2 Å². The van der Waals surface area contributed by atoms with Crippen molar-refractivity contribution in [2.45, 2.75) is 37.8 Å². The smallest absolute Gasteiger partial charge is 0.211 e. The molecule has 116 valence electrons. The van der Waals surface area contributed by atoms with Crippen LogP contribution in [0.4, 0.5) is 0 Å². The molecule has 1 aliphatic carbocycles. The molecule has 1 aromatic rings. The summed E-state index contributed by atoms with van der Waals surface area (Å²) in [5, 5.41) is 0. The van der Waals surface area contributed by atoms with Crippen LogP contribution < -0.4 is 0 Å². The summed E-state index contributed by atoms with van der Waals surface area (Å²) in [6.45, 7) is 1.32. The van der Waals surface area contributed by atoms with E-state index in [2.05, 4.69) is 4.98 Å². The lowest BCUT2D eigenvalue weighted by molar-refractivity contribution is 0.0306. The minimum absolute atomic E-state index is 0.000492. The standard InChI is InChI=1S/C15H22N2O3S/c1-21(18,19)17-8-6-15(20-11-12-4-5-12)14(17)9-13-3-2-7-16-10-13/h2-3,7,10,12,14-15H,4-6,8-9,11H2,1H3/t14-,15-/m1/s1. The van der Waals surface area contributed by atoms with Gasteiger partial charge >= 0.3 is 0 Å². The molecule has 1 aliphatic heterocycles. The first kappa shape index (κ1) is 14.9. The van der Waals surface area contributed by atoms with Gasteiger partial charge in [0.1, 0.15) is 0 Å². The molecular formula is C15H22N2O3S. The number of ether oxygens (including phenoxy) is 1. The highest BCUT2D eigenvalue weighted by molar-refractivity contribution is 7.88. The molecule has 3 rings (SSSR count). The number of sulfonamides is 1. The number of nitrogens with zero attached hydrogens (tertiary/aromatic N) is 2. The van der Waals surface area contributed by atoms with E-state index in [9.17, 15) is 8.42 Å². The fourth-order valence-corrected chi connectivity index (χ4v) is 4.08. The van der Waals surface area contributed by atoms with Gasteiger partial charge in [-0.15, -0.1) is 0 Å². The summed E-state index contributed by atoms with van der Waals surface area (Å²) in [4.78, 5) is 4.11. The summed E-state index contributed by atoms with van der Waals surface area (Å²) in [6.07, 6.45) is 8.75. The van der Waals surface area contributed by atoms with Gasteiger partial charge in [-0.2, -0.15) is 4.31 Å². The van der Waals surface area contributed by atoms with E-state index in [-0.39, 0.29) is 12.1 Å². The maximum Gasteiger partial charge on any atom is 0.211 e. The second-order valence-corrected chi connectivity index (χ2v) is 8.05. The molecule has 1 aromatic heterocycles. The highest BCUT2D eigenvalue weighted by Gasteiger charge is 2.40. The lowest BCUT2D eigenvalue weighted by atomic mass is 10.0. The van der Waals surface area contributed by atoms with Crippen molar-refractivity contribution in [3.63, 3.8) is 0 Å². The van der Waals surface area contributed by atoms with Gasteiger partial charge < -0.3 is 4.74 Å². The van der Waals surface area contributed by atoms with Crippen molar-refractivity contribution in [2.24, 2.45) is 5.92 Å². The monoisotopic (exact) mass is 310 g/mol. The molecule has 2 aliphatic rings. The maximum atomic E-state index is 12.0. The summed E-state index contributed by atoms with van der Waals surface area (Å²) in [5.41, 5.74) is 1.05. The third kappa shape index (κ3) is 3.81. The molecule has 1 saturated heterocycles. The van der Waals surface area contributed by atoms with E-state index in [0.29, 0.717) is 18.9 Å². The Morgan fingerprint density at radius 3 is 2.81 bits per heavy atom. The molecular weight excluding hydrogens is 288 g/mol. The lowest BCUT2D eigenvalue weighted by Crippen LogP contribution is -2.41. The van der Waals surface area contributed by atoms with Crippen molar-refractivity contribution in [2.75, 3.05) is 19.4 Å². The molecule has 2 atom stereocenters. The van der Waals surface area contributed by atoms with Crippen LogP contribution in [0.1, 0.15) is 24.8 Å². The quantitative estimate of drug-likeness (QED) is 0.798. The summed E-state index contributed by atoms with van der Waals surface area (Å²) in [6, 6.07) is 3.77. The van der Waals surface area contributed by atoms with E-state index in [4.69, 9.17) is 4.74 Å². The average Bonchev–Trinajstić information content (AvgIpc) is 3.18. The van der Waals surface area contributed by atoms with E-state index in [1.807, 2.05) is 12.1 Å². The van der Waals surface area contributed by atoms with Gasteiger partial charge in [0.2, 0.25) is 10.0 Å². The molecule has 0 radical (unpaired) electrons. The van der Waals surface area contributed by atoms with E-state index in [1.165, 1.54) is 19.1 Å². The third-order valence-electron chi connectivity index (χ3n) is 4.27. The SMILES string of the molecule is CS(=O)(=O)N1CC[C@@H](OCC2CC2)[C@H]1Cc1cccnc1. The summed E-state index contributed by atoms with van der Waals surface area (Å²) < 4.78 is 31.6. The predicted octanol–water partition coefficient (Wildman–Crippen LogP) is 1.45. The van der Waals surface area contributed by atoms with Gasteiger partial charge in [0.25, 0.3) is 0 Å². The Labute approximate surface area is 126 Å². The molecule has 6 heteroatoms. The minimum atomic E-state index is -3.19. The molecule has 5 nitrogen and oxygen atoms in total. The lowest BCUT2D eigenvalue weighted by Gasteiger charge is -2.26. The van der Waals surface area contributed by atoms with Crippen LogP contribution in [0.25, 0.3) is 0 Å². The van der Waals surface area contributed by atoms with Crippen LogP contribution in [0.15, 0.2) is 24.5 Å². The van der Waals surface area contributed by atoms with Crippen LogP contribution >= 0.6 is 0 Å². The molecule has 0 spiro atoms. The van der Waals surface area contributed by atoms with Gasteiger partial charge in [-0.3, -0.25) is 4.98 Å². The molecule has 21 heavy (non-hydrogen) atoms. The number of hydrogen-bond donors (Lipinski definition) is 0. The Morgan fingerprint density at radius 1 is 1.38 bits per heavy atom. The third-order valence-corrected chi connectivity index (χ3v) is 5.57. The van der Waals surface area contributed by atoms with E-state index in [1.54, 1.807) is 16.7 Å². The molecule has 0 N–H and O–H groups in total. The van der Waals surface area contributed by atoms with Gasteiger partial charge in [-0.05, 0) is 43.2 Å². The highest BCUT2D eigenvalue weighted by Crippen LogP contribution is 2.32. The molecule has 0 unspecified atom stereocenters. The number of pyridine rings is 1. The van der Waals surface area contributed by atoms with Gasteiger partial charge in [0, 0.05) is 25.5 Å². The van der Waals surface area contributed by atoms with E-state index >= 15 is 0 Å². The van der Waals surface area contributed by atoms with E-state index < -0.39 is 10.0 Å². The molecule has 2 fully saturated rings. The zero-order valence-corrected chi connectivity index (χ0v) is 13.1. The van der Waals surface area contributed by atoms with Crippen LogP contribution in [0.3, 0.4) is 0 Å². The molecule has 2 heterocycles. The molecule has 0 amide bonds. The zero-order valence-electron chi connectivity index (χ0n) is 12.3. The van der Waals surface area contributed by atoms with Crippen molar-refractivity contribution in [1.82, 2.24) is 9.29 Å². The van der Waals surface area contributed by atoms with Gasteiger partial charge in [0.15, 0.2) is 0 Å². The van der Waals surface area contributed by atoms with Crippen LogP contribution in [0.5, 0.6) is 0 Å². The maximum absolute atomic E-state index is 12.0. The summed E-state index contributed by atoms with van der Waals surface area (Å²) >= 11 is 0. The zero-order chi connectivity index (χ0) is 14.9.